The molecule has 0 rings (SSSR count). The van der Waals surface area contributed by atoms with Crippen LogP contribution in [0.5, 0.6) is 0 Å². The minimum absolute atomic E-state index is 0.313. The van der Waals surface area contributed by atoms with Crippen molar-refractivity contribution in [2.24, 2.45) is 16.2 Å². The van der Waals surface area contributed by atoms with Gasteiger partial charge in [-0.25, -0.2) is 0 Å². The Morgan fingerprint density at radius 3 is 1.56 bits per heavy atom. The van der Waals surface area contributed by atoms with Crippen molar-refractivity contribution in [2.45, 2.75) is 75.2 Å². The lowest BCUT2D eigenvalue weighted by Crippen LogP contribution is -2.19. The van der Waals surface area contributed by atoms with Gasteiger partial charge in [0.25, 0.3) is 0 Å². The van der Waals surface area contributed by atoms with Crippen LogP contribution in [0.3, 0.4) is 0 Å². The number of allylic oxidation sites excluding steroid dienone is 2. The Bertz CT molecular complexity index is 240. The molecule has 0 saturated heterocycles. The Kier molecular flexibility index (Phi) is 4.86. The molecule has 0 aromatic carbocycles. The zero-order valence-electron chi connectivity index (χ0n) is 13.0. The molecule has 0 bridgehead atoms. The molecule has 0 aliphatic rings. The van der Waals surface area contributed by atoms with Crippen LogP contribution in [0.2, 0.25) is 0 Å². The highest BCUT2D eigenvalue weighted by atomic mass is 14.3. The molecule has 0 atom stereocenters. The second-order valence-electron chi connectivity index (χ2n) is 8.45. The molecule has 0 nitrogen and oxygen atoms in total. The zero-order valence-corrected chi connectivity index (χ0v) is 13.0. The summed E-state index contributed by atoms with van der Waals surface area (Å²) < 4.78 is 0. The van der Waals surface area contributed by atoms with E-state index in [2.05, 4.69) is 68.4 Å². The SMILES string of the molecule is C/C(=C\C(C)(C)CC(C)(C)C)CC(C)(C)C. The van der Waals surface area contributed by atoms with Crippen LogP contribution in [0.4, 0.5) is 0 Å². The van der Waals surface area contributed by atoms with Gasteiger partial charge in [-0.3, -0.25) is 0 Å². The summed E-state index contributed by atoms with van der Waals surface area (Å²) in [6.45, 7) is 20.9. The molecule has 0 spiro atoms. The summed E-state index contributed by atoms with van der Waals surface area (Å²) in [5, 5.41) is 0. The van der Waals surface area contributed by atoms with Crippen LogP contribution in [0, 0.1) is 16.2 Å². The average molecular weight is 224 g/mol. The molecule has 0 saturated carbocycles. The molecule has 0 heteroatoms. The second-order valence-corrected chi connectivity index (χ2v) is 8.45. The van der Waals surface area contributed by atoms with E-state index in [9.17, 15) is 0 Å². The Hall–Kier alpha value is -0.260. The van der Waals surface area contributed by atoms with E-state index in [-0.39, 0.29) is 0 Å². The predicted molar refractivity (Wildman–Crippen MR) is 75.7 cm³/mol. The first-order valence-electron chi connectivity index (χ1n) is 6.49. The molecule has 0 aromatic heterocycles. The van der Waals surface area contributed by atoms with Gasteiger partial charge in [-0.05, 0) is 36.0 Å². The first-order valence-corrected chi connectivity index (χ1v) is 6.49. The first-order chi connectivity index (χ1) is 6.81. The van der Waals surface area contributed by atoms with Crippen LogP contribution in [-0.4, -0.2) is 0 Å². The van der Waals surface area contributed by atoms with Crippen LogP contribution in [0.15, 0.2) is 11.6 Å². The van der Waals surface area contributed by atoms with Crippen LogP contribution in [-0.2, 0) is 0 Å². The third-order valence-electron chi connectivity index (χ3n) is 2.43. The van der Waals surface area contributed by atoms with Gasteiger partial charge in [0.2, 0.25) is 0 Å². The molecule has 0 heterocycles. The van der Waals surface area contributed by atoms with E-state index in [1.54, 1.807) is 0 Å². The fraction of sp³-hybridized carbons (Fsp3) is 0.875. The van der Waals surface area contributed by atoms with Crippen molar-refractivity contribution < 1.29 is 0 Å². The lowest BCUT2D eigenvalue weighted by atomic mass is 9.74. The van der Waals surface area contributed by atoms with Gasteiger partial charge in [0.15, 0.2) is 0 Å². The summed E-state index contributed by atoms with van der Waals surface area (Å²) in [5.74, 6) is 0. The average Bonchev–Trinajstić information content (AvgIpc) is 1.70. The highest BCUT2D eigenvalue weighted by Crippen LogP contribution is 2.36. The quantitative estimate of drug-likeness (QED) is 0.529. The largest absolute Gasteiger partial charge is 0.0799 e. The summed E-state index contributed by atoms with van der Waals surface area (Å²) in [6.07, 6.45) is 4.91. The van der Waals surface area contributed by atoms with Gasteiger partial charge < -0.3 is 0 Å². The standard InChI is InChI=1S/C16H32/c1-13(10-14(2,3)4)11-16(8,9)12-15(5,6)7/h11H,10,12H2,1-9H3/b13-11+. The van der Waals surface area contributed by atoms with Crippen LogP contribution in [0.25, 0.3) is 0 Å². The summed E-state index contributed by atoms with van der Waals surface area (Å²) >= 11 is 0. The van der Waals surface area contributed by atoms with Crippen molar-refractivity contribution in [3.63, 3.8) is 0 Å². The normalized spacial score (nSPS) is 15.4. The molecule has 16 heavy (non-hydrogen) atoms. The molecular formula is C16H32. The topological polar surface area (TPSA) is 0 Å². The maximum atomic E-state index is 2.48. The Labute approximate surface area is 104 Å². The van der Waals surface area contributed by atoms with Crippen LogP contribution in [0.1, 0.15) is 75.2 Å². The molecule has 0 fully saturated rings. The van der Waals surface area contributed by atoms with Gasteiger partial charge in [-0.2, -0.15) is 0 Å². The summed E-state index contributed by atoms with van der Waals surface area (Å²) in [6, 6.07) is 0. The van der Waals surface area contributed by atoms with Crippen LogP contribution < -0.4 is 0 Å². The molecule has 0 amide bonds. The molecule has 0 aliphatic heterocycles. The molecule has 0 N–H and O–H groups in total. The number of hydrogen-bond donors (Lipinski definition) is 0. The second kappa shape index (κ2) is 4.94. The van der Waals surface area contributed by atoms with Crippen molar-refractivity contribution in [1.29, 1.82) is 0 Å². The van der Waals surface area contributed by atoms with E-state index in [1.807, 2.05) is 0 Å². The molecule has 0 aliphatic carbocycles. The van der Waals surface area contributed by atoms with Gasteiger partial charge in [-0.15, -0.1) is 0 Å². The van der Waals surface area contributed by atoms with Gasteiger partial charge >= 0.3 is 0 Å². The first kappa shape index (κ1) is 15.7. The summed E-state index contributed by atoms with van der Waals surface area (Å²) in [5.41, 5.74) is 2.65. The van der Waals surface area contributed by atoms with E-state index >= 15 is 0 Å². The molecule has 0 aromatic rings. The lowest BCUT2D eigenvalue weighted by molar-refractivity contribution is 0.260. The van der Waals surface area contributed by atoms with Crippen molar-refractivity contribution in [3.05, 3.63) is 11.6 Å². The lowest BCUT2D eigenvalue weighted by Gasteiger charge is -2.31. The molecule has 0 radical (unpaired) electrons. The Morgan fingerprint density at radius 2 is 1.25 bits per heavy atom. The summed E-state index contributed by atoms with van der Waals surface area (Å²) in [4.78, 5) is 0. The highest BCUT2D eigenvalue weighted by molar-refractivity contribution is 5.07. The van der Waals surface area contributed by atoms with E-state index in [4.69, 9.17) is 0 Å². The van der Waals surface area contributed by atoms with Crippen molar-refractivity contribution in [1.82, 2.24) is 0 Å². The van der Waals surface area contributed by atoms with E-state index in [0.717, 1.165) is 0 Å². The van der Waals surface area contributed by atoms with Crippen molar-refractivity contribution in [3.8, 4) is 0 Å². The number of rotatable bonds is 3. The maximum absolute atomic E-state index is 2.48. The molecule has 0 unspecified atom stereocenters. The maximum Gasteiger partial charge on any atom is -0.0167 e. The monoisotopic (exact) mass is 224 g/mol. The van der Waals surface area contributed by atoms with Gasteiger partial charge in [0, 0.05) is 0 Å². The van der Waals surface area contributed by atoms with E-state index < -0.39 is 0 Å². The van der Waals surface area contributed by atoms with E-state index in [1.165, 1.54) is 18.4 Å². The van der Waals surface area contributed by atoms with Gasteiger partial charge in [-0.1, -0.05) is 67.0 Å². The van der Waals surface area contributed by atoms with Gasteiger partial charge in [0.1, 0.15) is 0 Å². The molecular weight excluding hydrogens is 192 g/mol. The highest BCUT2D eigenvalue weighted by Gasteiger charge is 2.24. The number of hydrogen-bond acceptors (Lipinski definition) is 0. The van der Waals surface area contributed by atoms with Crippen molar-refractivity contribution in [2.75, 3.05) is 0 Å². The van der Waals surface area contributed by atoms with Crippen LogP contribution >= 0.6 is 0 Å². The fourth-order valence-corrected chi connectivity index (χ4v) is 2.97. The smallest absolute Gasteiger partial charge is 0.0167 e. The predicted octanol–water partition coefficient (Wildman–Crippen LogP) is 5.83. The van der Waals surface area contributed by atoms with E-state index in [0.29, 0.717) is 16.2 Å². The Balaban J connectivity index is 4.61. The minimum Gasteiger partial charge on any atom is -0.0799 e. The van der Waals surface area contributed by atoms with Crippen molar-refractivity contribution >= 4 is 0 Å². The summed E-state index contributed by atoms with van der Waals surface area (Å²) in [7, 11) is 0. The minimum atomic E-state index is 0.313. The third-order valence-corrected chi connectivity index (χ3v) is 2.43. The zero-order chi connectivity index (χ0) is 13.2. The van der Waals surface area contributed by atoms with Gasteiger partial charge in [0.05, 0.1) is 0 Å². The fourth-order valence-electron chi connectivity index (χ4n) is 2.97. The third kappa shape index (κ3) is 9.00. The Morgan fingerprint density at radius 1 is 0.812 bits per heavy atom. The molecule has 96 valence electrons.